The van der Waals surface area contributed by atoms with E-state index in [2.05, 4.69) is 27.3 Å². The maximum atomic E-state index is 12.4. The smallest absolute Gasteiger partial charge is 0.238 e. The minimum absolute atomic E-state index is 0.0267. The number of rotatable bonds is 6. The van der Waals surface area contributed by atoms with Crippen LogP contribution in [0.15, 0.2) is 53.1 Å². The SMILES string of the molecule is COc1cccc(NC(=O)CN2CCC(c3nc(-c4ccc(C)cc4)no3)CC2)c1. The van der Waals surface area contributed by atoms with Gasteiger partial charge in [-0.2, -0.15) is 4.98 Å². The second-order valence-corrected chi connectivity index (χ2v) is 7.65. The van der Waals surface area contributed by atoms with Gasteiger partial charge in [-0.25, -0.2) is 0 Å². The number of ether oxygens (including phenoxy) is 1. The molecule has 0 atom stereocenters. The standard InChI is InChI=1S/C23H26N4O3/c1-16-6-8-17(9-7-16)22-25-23(30-26-22)18-10-12-27(13-11-18)15-21(28)24-19-4-3-5-20(14-19)29-2/h3-9,14,18H,10-13,15H2,1-2H3,(H,24,28). The van der Waals surface area contributed by atoms with E-state index in [0.29, 0.717) is 18.3 Å². The summed E-state index contributed by atoms with van der Waals surface area (Å²) in [5.41, 5.74) is 2.90. The Morgan fingerprint density at radius 1 is 1.20 bits per heavy atom. The van der Waals surface area contributed by atoms with E-state index in [1.54, 1.807) is 7.11 Å². The third kappa shape index (κ3) is 4.86. The molecular weight excluding hydrogens is 380 g/mol. The predicted molar refractivity (Wildman–Crippen MR) is 115 cm³/mol. The average molecular weight is 406 g/mol. The predicted octanol–water partition coefficient (Wildman–Crippen LogP) is 3.87. The summed E-state index contributed by atoms with van der Waals surface area (Å²) in [5.74, 6) is 2.24. The molecule has 1 aliphatic heterocycles. The van der Waals surface area contributed by atoms with Crippen LogP contribution in [0, 0.1) is 6.92 Å². The molecule has 30 heavy (non-hydrogen) atoms. The van der Waals surface area contributed by atoms with Crippen LogP contribution in [-0.4, -0.2) is 47.7 Å². The molecule has 1 fully saturated rings. The first-order valence-electron chi connectivity index (χ1n) is 10.2. The second kappa shape index (κ2) is 9.09. The van der Waals surface area contributed by atoms with E-state index in [1.807, 2.05) is 48.5 Å². The van der Waals surface area contributed by atoms with Gasteiger partial charge in [0.05, 0.1) is 13.7 Å². The number of likely N-dealkylation sites (tertiary alicyclic amines) is 1. The van der Waals surface area contributed by atoms with Crippen LogP contribution in [0.3, 0.4) is 0 Å². The first kappa shape index (κ1) is 20.1. The van der Waals surface area contributed by atoms with Gasteiger partial charge in [-0.1, -0.05) is 41.1 Å². The van der Waals surface area contributed by atoms with E-state index in [9.17, 15) is 4.79 Å². The number of nitrogens with one attached hydrogen (secondary N) is 1. The van der Waals surface area contributed by atoms with Crippen molar-refractivity contribution in [2.75, 3.05) is 32.1 Å². The number of aryl methyl sites for hydroxylation is 1. The van der Waals surface area contributed by atoms with Crippen LogP contribution in [0.2, 0.25) is 0 Å². The van der Waals surface area contributed by atoms with Crippen LogP contribution in [0.1, 0.15) is 30.2 Å². The van der Waals surface area contributed by atoms with Crippen molar-refractivity contribution in [2.24, 2.45) is 0 Å². The van der Waals surface area contributed by atoms with Crippen molar-refractivity contribution in [1.29, 1.82) is 0 Å². The first-order chi connectivity index (χ1) is 14.6. The Hall–Kier alpha value is -3.19. The largest absolute Gasteiger partial charge is 0.497 e. The molecular formula is C23H26N4O3. The van der Waals surface area contributed by atoms with Gasteiger partial charge in [0.1, 0.15) is 5.75 Å². The number of amides is 1. The van der Waals surface area contributed by atoms with Gasteiger partial charge in [-0.15, -0.1) is 0 Å². The Balaban J connectivity index is 1.28. The average Bonchev–Trinajstić information content (AvgIpc) is 3.25. The number of anilines is 1. The van der Waals surface area contributed by atoms with Crippen molar-refractivity contribution in [3.63, 3.8) is 0 Å². The van der Waals surface area contributed by atoms with Gasteiger partial charge in [-0.05, 0) is 45.0 Å². The summed E-state index contributed by atoms with van der Waals surface area (Å²) in [6.07, 6.45) is 1.78. The molecule has 156 valence electrons. The second-order valence-electron chi connectivity index (χ2n) is 7.65. The third-order valence-electron chi connectivity index (χ3n) is 5.41. The van der Waals surface area contributed by atoms with Crippen molar-refractivity contribution in [3.05, 3.63) is 60.0 Å². The number of carbonyl (C=O) groups is 1. The summed E-state index contributed by atoms with van der Waals surface area (Å²) < 4.78 is 10.7. The molecule has 0 saturated carbocycles. The number of nitrogens with zero attached hydrogens (tertiary/aromatic N) is 3. The van der Waals surface area contributed by atoms with E-state index in [1.165, 1.54) is 5.56 Å². The molecule has 0 bridgehead atoms. The zero-order valence-corrected chi connectivity index (χ0v) is 17.3. The summed E-state index contributed by atoms with van der Waals surface area (Å²) in [7, 11) is 1.61. The molecule has 0 aliphatic carbocycles. The minimum Gasteiger partial charge on any atom is -0.497 e. The highest BCUT2D eigenvalue weighted by Crippen LogP contribution is 2.28. The van der Waals surface area contributed by atoms with Crippen LogP contribution in [0.5, 0.6) is 5.75 Å². The molecule has 0 radical (unpaired) electrons. The Bertz CT molecular complexity index is 992. The Labute approximate surface area is 176 Å². The highest BCUT2D eigenvalue weighted by molar-refractivity contribution is 5.92. The molecule has 7 heteroatoms. The van der Waals surface area contributed by atoms with E-state index in [0.717, 1.165) is 42.9 Å². The fourth-order valence-corrected chi connectivity index (χ4v) is 3.66. The van der Waals surface area contributed by atoms with Gasteiger partial charge in [-0.3, -0.25) is 9.69 Å². The van der Waals surface area contributed by atoms with Crippen LogP contribution >= 0.6 is 0 Å². The van der Waals surface area contributed by atoms with Crippen molar-refractivity contribution < 1.29 is 14.1 Å². The molecule has 1 amide bonds. The maximum absolute atomic E-state index is 12.4. The van der Waals surface area contributed by atoms with Crippen LogP contribution in [0.4, 0.5) is 5.69 Å². The van der Waals surface area contributed by atoms with Gasteiger partial charge in [0, 0.05) is 23.2 Å². The van der Waals surface area contributed by atoms with Gasteiger partial charge < -0.3 is 14.6 Å². The molecule has 1 saturated heterocycles. The Morgan fingerprint density at radius 3 is 2.70 bits per heavy atom. The minimum atomic E-state index is -0.0267. The summed E-state index contributed by atoms with van der Waals surface area (Å²) in [6.45, 7) is 4.05. The van der Waals surface area contributed by atoms with Gasteiger partial charge >= 0.3 is 0 Å². The van der Waals surface area contributed by atoms with E-state index >= 15 is 0 Å². The molecule has 2 heterocycles. The highest BCUT2D eigenvalue weighted by atomic mass is 16.5. The Morgan fingerprint density at radius 2 is 1.97 bits per heavy atom. The van der Waals surface area contributed by atoms with Gasteiger partial charge in [0.15, 0.2) is 0 Å². The lowest BCUT2D eigenvalue weighted by Crippen LogP contribution is -2.38. The number of benzene rings is 2. The van der Waals surface area contributed by atoms with E-state index in [4.69, 9.17) is 9.26 Å². The van der Waals surface area contributed by atoms with Gasteiger partial charge in [0.2, 0.25) is 17.6 Å². The number of carbonyl (C=O) groups excluding carboxylic acids is 1. The van der Waals surface area contributed by atoms with Gasteiger partial charge in [0.25, 0.3) is 0 Å². The normalized spacial score (nSPS) is 15.1. The van der Waals surface area contributed by atoms with E-state index in [-0.39, 0.29) is 11.8 Å². The number of aromatic nitrogens is 2. The fraction of sp³-hybridized carbons (Fsp3) is 0.348. The summed E-state index contributed by atoms with van der Waals surface area (Å²) in [6, 6.07) is 15.5. The van der Waals surface area contributed by atoms with Crippen LogP contribution in [0.25, 0.3) is 11.4 Å². The highest BCUT2D eigenvalue weighted by Gasteiger charge is 2.26. The number of piperidine rings is 1. The fourth-order valence-electron chi connectivity index (χ4n) is 3.66. The van der Waals surface area contributed by atoms with E-state index < -0.39 is 0 Å². The molecule has 1 N–H and O–H groups in total. The monoisotopic (exact) mass is 406 g/mol. The molecule has 4 rings (SSSR count). The summed E-state index contributed by atoms with van der Waals surface area (Å²) >= 11 is 0. The van der Waals surface area contributed by atoms with Crippen LogP contribution in [-0.2, 0) is 4.79 Å². The zero-order valence-electron chi connectivity index (χ0n) is 17.3. The molecule has 2 aromatic carbocycles. The first-order valence-corrected chi connectivity index (χ1v) is 10.2. The zero-order chi connectivity index (χ0) is 20.9. The molecule has 0 unspecified atom stereocenters. The van der Waals surface area contributed by atoms with Crippen molar-refractivity contribution >= 4 is 11.6 Å². The number of methoxy groups -OCH3 is 1. The third-order valence-corrected chi connectivity index (χ3v) is 5.41. The maximum Gasteiger partial charge on any atom is 0.238 e. The summed E-state index contributed by atoms with van der Waals surface area (Å²) in [5, 5.41) is 7.08. The topological polar surface area (TPSA) is 80.5 Å². The quantitative estimate of drug-likeness (QED) is 0.669. The van der Waals surface area contributed by atoms with Crippen molar-refractivity contribution in [3.8, 4) is 17.1 Å². The molecule has 0 spiro atoms. The lowest BCUT2D eigenvalue weighted by Gasteiger charge is -2.29. The van der Waals surface area contributed by atoms with Crippen molar-refractivity contribution in [1.82, 2.24) is 15.0 Å². The van der Waals surface area contributed by atoms with Crippen molar-refractivity contribution in [2.45, 2.75) is 25.7 Å². The number of hydrogen-bond acceptors (Lipinski definition) is 6. The lowest BCUT2D eigenvalue weighted by molar-refractivity contribution is -0.117. The molecule has 1 aliphatic rings. The molecule has 7 nitrogen and oxygen atoms in total. The summed E-state index contributed by atoms with van der Waals surface area (Å²) in [4.78, 5) is 19.1. The lowest BCUT2D eigenvalue weighted by atomic mass is 9.97. The molecule has 3 aromatic rings. The Kier molecular flexibility index (Phi) is 6.09. The van der Waals surface area contributed by atoms with Crippen LogP contribution < -0.4 is 10.1 Å². The number of hydrogen-bond donors (Lipinski definition) is 1. The molecule has 1 aromatic heterocycles.